The molecule has 0 saturated heterocycles. The van der Waals surface area contributed by atoms with E-state index in [1.807, 2.05) is 30.3 Å². The molecule has 0 N–H and O–H groups in total. The monoisotopic (exact) mass is 490 g/mol. The van der Waals surface area contributed by atoms with E-state index in [9.17, 15) is 9.59 Å². The maximum absolute atomic E-state index is 13.1. The second-order valence-electron chi connectivity index (χ2n) is 5.42. The van der Waals surface area contributed by atoms with Crippen LogP contribution in [0.4, 0.5) is 0 Å². The van der Waals surface area contributed by atoms with Crippen molar-refractivity contribution in [3.63, 3.8) is 0 Å². The summed E-state index contributed by atoms with van der Waals surface area (Å²) in [5, 5.41) is 0. The molecule has 0 heterocycles. The van der Waals surface area contributed by atoms with Gasteiger partial charge < -0.3 is 0 Å². The summed E-state index contributed by atoms with van der Waals surface area (Å²) >= 11 is 2.24. The van der Waals surface area contributed by atoms with Gasteiger partial charge in [-0.15, -0.1) is 0 Å². The number of fused-ring (bicyclic) bond motifs is 2. The summed E-state index contributed by atoms with van der Waals surface area (Å²) in [7, 11) is 0. The van der Waals surface area contributed by atoms with Crippen LogP contribution in [0.15, 0.2) is 66.7 Å². The number of rotatable bonds is 2. The summed E-state index contributed by atoms with van der Waals surface area (Å²) in [4.78, 5) is 25.9. The van der Waals surface area contributed by atoms with E-state index in [-0.39, 0.29) is 26.5 Å². The molecule has 24 heavy (non-hydrogen) atoms. The first-order valence-electron chi connectivity index (χ1n) is 7.40. The summed E-state index contributed by atoms with van der Waals surface area (Å²) in [6.07, 6.45) is 0. The third-order valence-electron chi connectivity index (χ3n) is 3.96. The number of carbonyl (C=O) groups is 2. The Morgan fingerprint density at radius 2 is 1.29 bits per heavy atom. The van der Waals surface area contributed by atoms with Crippen molar-refractivity contribution in [3.8, 4) is 0 Å². The standard InChI is InChI=1S/C20H11IO2Se/c21-16-11-10-15-17(20(16)24-12-6-2-1-3-7-12)19(23)14-9-5-4-8-13(14)18(15)22/h1-11H. The molecule has 0 fully saturated rings. The van der Waals surface area contributed by atoms with E-state index in [2.05, 4.69) is 34.7 Å². The Labute approximate surface area is 159 Å². The van der Waals surface area contributed by atoms with Crippen LogP contribution in [-0.2, 0) is 0 Å². The van der Waals surface area contributed by atoms with Crippen LogP contribution < -0.4 is 8.92 Å². The molecule has 2 nitrogen and oxygen atoms in total. The summed E-state index contributed by atoms with van der Waals surface area (Å²) in [5.41, 5.74) is 2.15. The zero-order valence-electron chi connectivity index (χ0n) is 12.5. The number of hydrogen-bond donors (Lipinski definition) is 0. The van der Waals surface area contributed by atoms with Crippen molar-refractivity contribution in [2.45, 2.75) is 0 Å². The molecule has 0 amide bonds. The molecule has 0 aromatic heterocycles. The van der Waals surface area contributed by atoms with E-state index in [1.165, 1.54) is 4.46 Å². The molecule has 0 saturated carbocycles. The van der Waals surface area contributed by atoms with Crippen LogP contribution in [0.25, 0.3) is 0 Å². The molecule has 0 radical (unpaired) electrons. The van der Waals surface area contributed by atoms with Crippen molar-refractivity contribution in [3.05, 3.63) is 92.6 Å². The zero-order valence-corrected chi connectivity index (χ0v) is 16.3. The van der Waals surface area contributed by atoms with Crippen LogP contribution in [0.3, 0.4) is 0 Å². The summed E-state index contributed by atoms with van der Waals surface area (Å²) < 4.78 is 3.23. The number of halogens is 1. The molecule has 0 unspecified atom stereocenters. The molecule has 0 bridgehead atoms. The van der Waals surface area contributed by atoms with Crippen molar-refractivity contribution in [2.75, 3.05) is 0 Å². The number of benzene rings is 3. The van der Waals surface area contributed by atoms with Crippen molar-refractivity contribution in [1.29, 1.82) is 0 Å². The van der Waals surface area contributed by atoms with E-state index >= 15 is 0 Å². The molecule has 1 aliphatic carbocycles. The van der Waals surface area contributed by atoms with Crippen molar-refractivity contribution in [1.82, 2.24) is 0 Å². The topological polar surface area (TPSA) is 34.1 Å². The van der Waals surface area contributed by atoms with Gasteiger partial charge in [-0.05, 0) is 0 Å². The van der Waals surface area contributed by atoms with Gasteiger partial charge in [0.25, 0.3) is 0 Å². The summed E-state index contributed by atoms with van der Waals surface area (Å²) in [6, 6.07) is 20.9. The van der Waals surface area contributed by atoms with Gasteiger partial charge in [0.15, 0.2) is 0 Å². The van der Waals surface area contributed by atoms with Crippen LogP contribution in [0.2, 0.25) is 0 Å². The van der Waals surface area contributed by atoms with Crippen molar-refractivity contribution in [2.24, 2.45) is 0 Å². The predicted molar refractivity (Wildman–Crippen MR) is 104 cm³/mol. The normalized spacial score (nSPS) is 12.7. The van der Waals surface area contributed by atoms with Gasteiger partial charge in [-0.2, -0.15) is 0 Å². The average molecular weight is 489 g/mol. The van der Waals surface area contributed by atoms with Gasteiger partial charge >= 0.3 is 160 Å². The van der Waals surface area contributed by atoms with Gasteiger partial charge in [-0.25, -0.2) is 0 Å². The molecule has 0 atom stereocenters. The Morgan fingerprint density at radius 3 is 2.00 bits per heavy atom. The molecule has 0 spiro atoms. The summed E-state index contributed by atoms with van der Waals surface area (Å²) in [5.74, 6) is -0.0896. The van der Waals surface area contributed by atoms with Gasteiger partial charge in [0.1, 0.15) is 0 Å². The quantitative estimate of drug-likeness (QED) is 0.321. The third kappa shape index (κ3) is 2.55. The fourth-order valence-electron chi connectivity index (χ4n) is 2.84. The number of hydrogen-bond acceptors (Lipinski definition) is 2. The predicted octanol–water partition coefficient (Wildman–Crippen LogP) is 2.72. The zero-order chi connectivity index (χ0) is 16.7. The minimum atomic E-state index is -0.0540. The second-order valence-corrected chi connectivity index (χ2v) is 8.85. The summed E-state index contributed by atoms with van der Waals surface area (Å²) in [6.45, 7) is 0. The average Bonchev–Trinajstić information content (AvgIpc) is 2.62. The van der Waals surface area contributed by atoms with Gasteiger partial charge in [-0.3, -0.25) is 0 Å². The van der Waals surface area contributed by atoms with Crippen LogP contribution in [0.1, 0.15) is 31.8 Å². The molecular formula is C20H11IO2Se. The van der Waals surface area contributed by atoms with Crippen LogP contribution in [0, 0.1) is 3.57 Å². The van der Waals surface area contributed by atoms with E-state index in [1.54, 1.807) is 24.3 Å². The fraction of sp³-hybridized carbons (Fsp3) is 0. The van der Waals surface area contributed by atoms with Crippen LogP contribution >= 0.6 is 22.6 Å². The molecular weight excluding hydrogens is 478 g/mol. The van der Waals surface area contributed by atoms with Crippen molar-refractivity contribution < 1.29 is 9.59 Å². The molecule has 3 aromatic rings. The maximum atomic E-state index is 13.1. The Morgan fingerprint density at radius 1 is 0.667 bits per heavy atom. The first-order valence-corrected chi connectivity index (χ1v) is 10.2. The first kappa shape index (κ1) is 15.8. The van der Waals surface area contributed by atoms with E-state index in [4.69, 9.17) is 0 Å². The van der Waals surface area contributed by atoms with Gasteiger partial charge in [0, 0.05) is 0 Å². The Bertz CT molecular complexity index is 980. The van der Waals surface area contributed by atoms with E-state index < -0.39 is 0 Å². The van der Waals surface area contributed by atoms with E-state index in [0.29, 0.717) is 22.3 Å². The second kappa shape index (κ2) is 6.28. The Kier molecular flexibility index (Phi) is 4.12. The molecule has 0 aliphatic heterocycles. The number of carbonyl (C=O) groups excluding carboxylic acids is 2. The van der Waals surface area contributed by atoms with Crippen molar-refractivity contribution >= 4 is 58.0 Å². The SMILES string of the molecule is O=C1c2ccccc2C(=O)c2c1ccc(I)c2[Se]c1ccccc1. The van der Waals surface area contributed by atoms with Crippen LogP contribution in [-0.4, -0.2) is 26.5 Å². The van der Waals surface area contributed by atoms with Gasteiger partial charge in [-0.1, -0.05) is 0 Å². The molecule has 1 aliphatic rings. The fourth-order valence-corrected chi connectivity index (χ4v) is 5.95. The van der Waals surface area contributed by atoms with E-state index in [0.717, 1.165) is 8.03 Å². The van der Waals surface area contributed by atoms with Gasteiger partial charge in [0.2, 0.25) is 0 Å². The molecule has 4 heteroatoms. The number of ketones is 2. The Balaban J connectivity index is 1.92. The Hall–Kier alpha value is -1.75. The molecule has 4 rings (SSSR count). The third-order valence-corrected chi connectivity index (χ3v) is 8.07. The molecule has 3 aromatic carbocycles. The minimum absolute atomic E-state index is 0.0225. The molecule has 116 valence electrons. The van der Waals surface area contributed by atoms with Crippen LogP contribution in [0.5, 0.6) is 0 Å². The van der Waals surface area contributed by atoms with Gasteiger partial charge in [0.05, 0.1) is 0 Å². The first-order chi connectivity index (χ1) is 11.7.